The van der Waals surface area contributed by atoms with E-state index in [9.17, 15) is 0 Å². The first-order valence-corrected chi connectivity index (χ1v) is 11.7. The lowest BCUT2D eigenvalue weighted by Gasteiger charge is -2.26. The zero-order chi connectivity index (χ0) is 22.6. The second kappa shape index (κ2) is 9.67. The zero-order valence-electron chi connectivity index (χ0n) is 19.5. The van der Waals surface area contributed by atoms with Crippen LogP contribution < -0.4 is 9.47 Å². The molecule has 0 saturated carbocycles. The van der Waals surface area contributed by atoms with E-state index in [1.165, 1.54) is 43.3 Å². The van der Waals surface area contributed by atoms with E-state index in [0.29, 0.717) is 0 Å². The van der Waals surface area contributed by atoms with Crippen molar-refractivity contribution in [3.8, 4) is 33.8 Å². The van der Waals surface area contributed by atoms with E-state index >= 15 is 0 Å². The lowest BCUT2D eigenvalue weighted by molar-refractivity contribution is 0.221. The molecule has 1 saturated heterocycles. The molecule has 1 fully saturated rings. The summed E-state index contributed by atoms with van der Waals surface area (Å²) < 4.78 is 13.5. The van der Waals surface area contributed by atoms with Crippen LogP contribution in [0.2, 0.25) is 0 Å². The van der Waals surface area contributed by atoms with Crippen molar-refractivity contribution in [1.29, 1.82) is 0 Å². The van der Waals surface area contributed by atoms with Crippen LogP contribution in [-0.2, 0) is 6.54 Å². The Labute approximate surface area is 195 Å². The number of likely N-dealkylation sites (tertiary alicyclic amines) is 1. The topological polar surface area (TPSA) is 39.5 Å². The molecule has 0 atom stereocenters. The zero-order valence-corrected chi connectivity index (χ0v) is 19.5. The third-order valence-electron chi connectivity index (χ3n) is 6.64. The molecule has 4 aromatic rings. The van der Waals surface area contributed by atoms with Gasteiger partial charge >= 0.3 is 0 Å². The molecule has 0 unspecified atom stereocenters. The third-order valence-corrected chi connectivity index (χ3v) is 6.64. The lowest BCUT2D eigenvalue weighted by Crippen LogP contribution is -2.32. The van der Waals surface area contributed by atoms with Crippen molar-refractivity contribution in [2.24, 2.45) is 0 Å². The lowest BCUT2D eigenvalue weighted by atomic mass is 10.0. The van der Waals surface area contributed by atoms with Gasteiger partial charge in [0, 0.05) is 53.8 Å². The predicted octanol–water partition coefficient (Wildman–Crippen LogP) is 5.87. The molecule has 0 spiro atoms. The fourth-order valence-corrected chi connectivity index (χ4v) is 4.88. The number of para-hydroxylation sites is 1. The number of aromatic nitrogens is 2. The maximum atomic E-state index is 5.76. The number of ether oxygens (including phenoxy) is 2. The summed E-state index contributed by atoms with van der Waals surface area (Å²) in [7, 11) is 3.45. The molecule has 5 nitrogen and oxygen atoms in total. The van der Waals surface area contributed by atoms with E-state index in [2.05, 4.69) is 51.0 Å². The minimum absolute atomic E-state index is 0.844. The van der Waals surface area contributed by atoms with E-state index < -0.39 is 0 Å². The summed E-state index contributed by atoms with van der Waals surface area (Å²) in [6, 6.07) is 16.6. The number of methoxy groups -OCH3 is 2. The Hall–Kier alpha value is -3.31. The first-order chi connectivity index (χ1) is 16.3. The molecule has 0 aliphatic carbocycles. The average molecular weight is 442 g/mol. The first kappa shape index (κ1) is 21.5. The van der Waals surface area contributed by atoms with Crippen molar-refractivity contribution < 1.29 is 9.47 Å². The summed E-state index contributed by atoms with van der Waals surface area (Å²) in [5.74, 6) is 1.76. The van der Waals surface area contributed by atoms with Crippen LogP contribution in [0.5, 0.6) is 11.5 Å². The molecule has 5 rings (SSSR count). The number of piperidine rings is 1. The van der Waals surface area contributed by atoms with Crippen molar-refractivity contribution in [3.63, 3.8) is 0 Å². The largest absolute Gasteiger partial charge is 0.497 e. The molecule has 0 bridgehead atoms. The molecule has 1 aliphatic heterocycles. The van der Waals surface area contributed by atoms with Crippen LogP contribution in [0.25, 0.3) is 33.2 Å². The van der Waals surface area contributed by atoms with Crippen molar-refractivity contribution in [2.75, 3.05) is 33.9 Å². The normalized spacial score (nSPS) is 14.5. The molecule has 33 heavy (non-hydrogen) atoms. The number of benzene rings is 2. The fourth-order valence-electron chi connectivity index (χ4n) is 4.88. The molecule has 3 heterocycles. The third kappa shape index (κ3) is 4.46. The highest BCUT2D eigenvalue weighted by Crippen LogP contribution is 2.37. The highest BCUT2D eigenvalue weighted by atomic mass is 16.5. The van der Waals surface area contributed by atoms with Crippen molar-refractivity contribution in [3.05, 3.63) is 67.1 Å². The Morgan fingerprint density at radius 3 is 2.45 bits per heavy atom. The smallest absolute Gasteiger partial charge is 0.143 e. The number of fused-ring (bicyclic) bond motifs is 1. The summed E-state index contributed by atoms with van der Waals surface area (Å²) in [4.78, 5) is 7.16. The highest BCUT2D eigenvalue weighted by Gasteiger charge is 2.17. The SMILES string of the molecule is COc1cccc(-c2cncc(-c3cn(CCN4CCCCC4)c4c(OC)cccc34)c2)c1. The molecule has 0 N–H and O–H groups in total. The fraction of sp³-hybridized carbons (Fsp3) is 0.321. The second-order valence-corrected chi connectivity index (χ2v) is 8.69. The van der Waals surface area contributed by atoms with Crippen molar-refractivity contribution in [2.45, 2.75) is 25.8 Å². The summed E-state index contributed by atoms with van der Waals surface area (Å²) in [5.41, 5.74) is 5.60. The molecule has 2 aromatic carbocycles. The number of pyridine rings is 1. The van der Waals surface area contributed by atoms with Gasteiger partial charge < -0.3 is 18.9 Å². The van der Waals surface area contributed by atoms with Gasteiger partial charge in [0.25, 0.3) is 0 Å². The van der Waals surface area contributed by atoms with E-state index in [1.54, 1.807) is 14.2 Å². The summed E-state index contributed by atoms with van der Waals surface area (Å²) >= 11 is 0. The Morgan fingerprint density at radius 1 is 0.818 bits per heavy atom. The monoisotopic (exact) mass is 441 g/mol. The maximum absolute atomic E-state index is 5.76. The van der Waals surface area contributed by atoms with Crippen LogP contribution in [0.3, 0.4) is 0 Å². The average Bonchev–Trinajstić information content (AvgIpc) is 3.27. The number of hydrogen-bond donors (Lipinski definition) is 0. The van der Waals surface area contributed by atoms with Crippen LogP contribution in [0.1, 0.15) is 19.3 Å². The van der Waals surface area contributed by atoms with Crippen LogP contribution in [0.15, 0.2) is 67.1 Å². The van der Waals surface area contributed by atoms with E-state index in [0.717, 1.165) is 46.8 Å². The van der Waals surface area contributed by atoms with Crippen molar-refractivity contribution in [1.82, 2.24) is 14.5 Å². The quantitative estimate of drug-likeness (QED) is 0.359. The minimum atomic E-state index is 0.844. The van der Waals surface area contributed by atoms with Gasteiger partial charge in [-0.2, -0.15) is 0 Å². The van der Waals surface area contributed by atoms with Gasteiger partial charge in [0.15, 0.2) is 0 Å². The minimum Gasteiger partial charge on any atom is -0.497 e. The Balaban J connectivity index is 1.54. The Bertz CT molecular complexity index is 1240. The Kier molecular flexibility index (Phi) is 6.31. The van der Waals surface area contributed by atoms with Crippen LogP contribution >= 0.6 is 0 Å². The molecule has 0 radical (unpaired) electrons. The van der Waals surface area contributed by atoms with Gasteiger partial charge in [0.2, 0.25) is 0 Å². The van der Waals surface area contributed by atoms with Crippen LogP contribution in [0.4, 0.5) is 0 Å². The van der Waals surface area contributed by atoms with Gasteiger partial charge in [-0.25, -0.2) is 0 Å². The molecule has 170 valence electrons. The number of nitrogens with zero attached hydrogens (tertiary/aromatic N) is 3. The number of hydrogen-bond acceptors (Lipinski definition) is 4. The van der Waals surface area contributed by atoms with Gasteiger partial charge in [0.1, 0.15) is 11.5 Å². The van der Waals surface area contributed by atoms with Gasteiger partial charge in [-0.05, 0) is 55.8 Å². The summed E-state index contributed by atoms with van der Waals surface area (Å²) in [6.07, 6.45) is 10.1. The molecule has 0 amide bonds. The van der Waals surface area contributed by atoms with Gasteiger partial charge in [-0.15, -0.1) is 0 Å². The van der Waals surface area contributed by atoms with E-state index in [-0.39, 0.29) is 0 Å². The second-order valence-electron chi connectivity index (χ2n) is 8.69. The van der Waals surface area contributed by atoms with Gasteiger partial charge in [-0.1, -0.05) is 30.7 Å². The predicted molar refractivity (Wildman–Crippen MR) is 134 cm³/mol. The molecule has 2 aromatic heterocycles. The van der Waals surface area contributed by atoms with Crippen LogP contribution in [0, 0.1) is 0 Å². The highest BCUT2D eigenvalue weighted by molar-refractivity contribution is 5.99. The van der Waals surface area contributed by atoms with Gasteiger partial charge in [0.05, 0.1) is 19.7 Å². The van der Waals surface area contributed by atoms with Gasteiger partial charge in [-0.3, -0.25) is 4.98 Å². The van der Waals surface area contributed by atoms with Crippen molar-refractivity contribution >= 4 is 10.9 Å². The standard InChI is InChI=1S/C28H31N3O2/c1-32-24-9-6-8-21(17-24)22-16-23(19-29-18-22)26-20-31(15-14-30-12-4-3-5-13-30)28-25(26)10-7-11-27(28)33-2/h6-11,16-20H,3-5,12-15H2,1-2H3. The summed E-state index contributed by atoms with van der Waals surface area (Å²) in [5, 5.41) is 1.19. The molecule has 1 aliphatic rings. The maximum Gasteiger partial charge on any atom is 0.143 e. The van der Waals surface area contributed by atoms with Crippen LogP contribution in [-0.4, -0.2) is 48.3 Å². The molecular formula is C28H31N3O2. The number of rotatable bonds is 7. The first-order valence-electron chi connectivity index (χ1n) is 11.7. The molecule has 5 heteroatoms. The summed E-state index contributed by atoms with van der Waals surface area (Å²) in [6.45, 7) is 4.41. The Morgan fingerprint density at radius 2 is 1.64 bits per heavy atom. The van der Waals surface area contributed by atoms with E-state index in [1.807, 2.05) is 30.6 Å². The molecular weight excluding hydrogens is 410 g/mol. The van der Waals surface area contributed by atoms with E-state index in [4.69, 9.17) is 9.47 Å².